The number of hydrogen-bond donors (Lipinski definition) is 1. The van der Waals surface area contributed by atoms with Crippen LogP contribution in [0.1, 0.15) is 19.3 Å². The molecule has 0 heterocycles. The van der Waals surface area contributed by atoms with Gasteiger partial charge in [0.05, 0.1) is 19.6 Å². The molecule has 0 atom stereocenters. The van der Waals surface area contributed by atoms with E-state index >= 15 is 0 Å². The summed E-state index contributed by atoms with van der Waals surface area (Å²) in [5.74, 6) is -0.476. The number of esters is 1. The Morgan fingerprint density at radius 3 is 2.71 bits per heavy atom. The molecule has 14 heavy (non-hydrogen) atoms. The number of hydrogen-bond acceptors (Lipinski definition) is 4. The zero-order valence-electron chi connectivity index (χ0n) is 7.92. The van der Waals surface area contributed by atoms with Crippen LogP contribution < -0.4 is 4.84 Å². The van der Waals surface area contributed by atoms with E-state index < -0.39 is 0 Å². The molecular weight excluding hydrogens is 206 g/mol. The van der Waals surface area contributed by atoms with E-state index in [4.69, 9.17) is 16.5 Å². The van der Waals surface area contributed by atoms with Crippen molar-refractivity contribution in [2.75, 3.05) is 13.2 Å². The Bertz CT molecular complexity index is 206. The molecular formula is C9H14ClNO3. The van der Waals surface area contributed by atoms with Crippen molar-refractivity contribution in [1.82, 2.24) is 4.84 Å². The molecule has 4 nitrogen and oxygen atoms in total. The monoisotopic (exact) mass is 219 g/mol. The smallest absolute Gasteiger partial charge is 0.306 e. The minimum Gasteiger partial charge on any atom is -0.465 e. The van der Waals surface area contributed by atoms with Crippen molar-refractivity contribution in [2.24, 2.45) is 0 Å². The number of nitrogens with one attached hydrogen (secondary N) is 1. The van der Waals surface area contributed by atoms with Gasteiger partial charge in [-0.15, -0.1) is 6.58 Å². The Balaban J connectivity index is 3.43. The first-order chi connectivity index (χ1) is 6.70. The first-order valence-corrected chi connectivity index (χ1v) is 4.70. The predicted octanol–water partition coefficient (Wildman–Crippen LogP) is 1.20. The third-order valence-electron chi connectivity index (χ3n) is 1.46. The van der Waals surface area contributed by atoms with Crippen molar-refractivity contribution >= 4 is 23.5 Å². The highest BCUT2D eigenvalue weighted by atomic mass is 35.5. The van der Waals surface area contributed by atoms with Crippen molar-refractivity contribution in [3.8, 4) is 0 Å². The van der Waals surface area contributed by atoms with Gasteiger partial charge in [0.15, 0.2) is 0 Å². The van der Waals surface area contributed by atoms with Gasteiger partial charge in [0.2, 0.25) is 0 Å². The lowest BCUT2D eigenvalue weighted by atomic mass is 10.2. The molecule has 1 N–H and O–H groups in total. The highest BCUT2D eigenvalue weighted by Crippen LogP contribution is 1.95. The van der Waals surface area contributed by atoms with Crippen molar-refractivity contribution in [3.05, 3.63) is 12.7 Å². The molecule has 0 aromatic carbocycles. The van der Waals surface area contributed by atoms with Crippen molar-refractivity contribution < 1.29 is 14.3 Å². The summed E-state index contributed by atoms with van der Waals surface area (Å²) >= 11 is 5.12. The largest absolute Gasteiger partial charge is 0.465 e. The van der Waals surface area contributed by atoms with Crippen molar-refractivity contribution in [3.63, 3.8) is 0 Å². The van der Waals surface area contributed by atoms with Crippen molar-refractivity contribution in [2.45, 2.75) is 19.3 Å². The Morgan fingerprint density at radius 2 is 2.14 bits per heavy atom. The van der Waals surface area contributed by atoms with Gasteiger partial charge in [-0.05, 0) is 18.2 Å². The van der Waals surface area contributed by atoms with Crippen LogP contribution in [0.3, 0.4) is 0 Å². The lowest BCUT2D eigenvalue weighted by Crippen LogP contribution is -2.16. The van der Waals surface area contributed by atoms with Crippen LogP contribution in [-0.4, -0.2) is 24.9 Å². The van der Waals surface area contributed by atoms with Gasteiger partial charge >= 0.3 is 5.97 Å². The molecule has 0 aromatic heterocycles. The summed E-state index contributed by atoms with van der Waals surface area (Å²) < 4.78 is 4.80. The number of ether oxygens (including phenoxy) is 1. The first kappa shape index (κ1) is 13.1. The maximum Gasteiger partial charge on any atom is 0.306 e. The number of rotatable bonds is 8. The lowest BCUT2D eigenvalue weighted by molar-refractivity contribution is -0.144. The minimum absolute atomic E-state index is 0.0709. The van der Waals surface area contributed by atoms with Crippen molar-refractivity contribution in [1.29, 1.82) is 0 Å². The number of carbonyl (C=O) groups is 2. The predicted molar refractivity (Wildman–Crippen MR) is 53.9 cm³/mol. The summed E-state index contributed by atoms with van der Waals surface area (Å²) in [7, 11) is 0. The fraction of sp³-hybridized carbons (Fsp3) is 0.556. The topological polar surface area (TPSA) is 55.4 Å². The fourth-order valence-electron chi connectivity index (χ4n) is 0.733. The highest BCUT2D eigenvalue weighted by Gasteiger charge is 2.06. The molecule has 0 fully saturated rings. The molecule has 0 unspecified atom stereocenters. The number of ketones is 1. The van der Waals surface area contributed by atoms with Crippen LogP contribution in [0.4, 0.5) is 0 Å². The number of Topliss-reactive ketones (excluding diaryl/α,β-unsaturated/α-hetero) is 1. The maximum atomic E-state index is 11.0. The minimum atomic E-state index is -0.366. The van der Waals surface area contributed by atoms with Gasteiger partial charge in [-0.1, -0.05) is 6.08 Å². The summed E-state index contributed by atoms with van der Waals surface area (Å²) in [4.78, 5) is 24.1. The van der Waals surface area contributed by atoms with Gasteiger partial charge < -0.3 is 4.74 Å². The van der Waals surface area contributed by atoms with E-state index in [1.165, 1.54) is 0 Å². The van der Waals surface area contributed by atoms with Gasteiger partial charge in [0.1, 0.15) is 5.78 Å². The standard InChI is InChI=1S/C9H14ClNO3/c1-2-3-6-14-9(13)5-4-8(12)7-11-10/h2,11H,1,3-7H2. The molecule has 0 aromatic rings. The van der Waals surface area contributed by atoms with Crippen LogP contribution in [-0.2, 0) is 14.3 Å². The quantitative estimate of drug-likeness (QED) is 0.289. The molecule has 0 spiro atoms. The Labute approximate surface area is 88.4 Å². The zero-order valence-corrected chi connectivity index (χ0v) is 8.68. The molecule has 0 radical (unpaired) electrons. The van der Waals surface area contributed by atoms with E-state index in [9.17, 15) is 9.59 Å². The highest BCUT2D eigenvalue weighted by molar-refractivity contribution is 6.14. The van der Waals surface area contributed by atoms with E-state index in [-0.39, 0.29) is 31.1 Å². The van der Waals surface area contributed by atoms with Crippen LogP contribution in [0.2, 0.25) is 0 Å². The van der Waals surface area contributed by atoms with Crippen LogP contribution in [0, 0.1) is 0 Å². The second kappa shape index (κ2) is 8.72. The third-order valence-corrected chi connectivity index (χ3v) is 1.59. The maximum absolute atomic E-state index is 11.0. The zero-order chi connectivity index (χ0) is 10.8. The summed E-state index contributed by atoms with van der Waals surface area (Å²) in [6.07, 6.45) is 2.56. The van der Waals surface area contributed by atoms with Gasteiger partial charge in [-0.2, -0.15) is 0 Å². The summed E-state index contributed by atoms with van der Waals surface area (Å²) in [5, 5.41) is 0. The number of carbonyl (C=O) groups excluding carboxylic acids is 2. The van der Waals surface area contributed by atoms with Gasteiger partial charge in [0, 0.05) is 6.42 Å². The number of halogens is 1. The lowest BCUT2D eigenvalue weighted by Gasteiger charge is -2.01. The SMILES string of the molecule is C=CCCOC(=O)CCC(=O)CNCl. The molecule has 0 aliphatic carbocycles. The molecule has 0 saturated heterocycles. The second-order valence-corrected chi connectivity index (χ2v) is 2.91. The van der Waals surface area contributed by atoms with Gasteiger partial charge in [-0.3, -0.25) is 9.59 Å². The Morgan fingerprint density at radius 1 is 1.43 bits per heavy atom. The molecule has 0 aliphatic heterocycles. The molecule has 0 rings (SSSR count). The summed E-state index contributed by atoms with van der Waals surface area (Å²) in [6.45, 7) is 3.88. The Kier molecular flexibility index (Phi) is 8.17. The van der Waals surface area contributed by atoms with Gasteiger partial charge in [-0.25, -0.2) is 4.84 Å². The van der Waals surface area contributed by atoms with Crippen LogP contribution in [0.5, 0.6) is 0 Å². The third kappa shape index (κ3) is 7.76. The van der Waals surface area contributed by atoms with Gasteiger partial charge in [0.25, 0.3) is 0 Å². The van der Waals surface area contributed by atoms with Crippen LogP contribution in [0.15, 0.2) is 12.7 Å². The molecule has 0 amide bonds. The van der Waals surface area contributed by atoms with E-state index in [2.05, 4.69) is 11.4 Å². The average molecular weight is 220 g/mol. The molecule has 5 heteroatoms. The fourth-order valence-corrected chi connectivity index (χ4v) is 0.882. The van der Waals surface area contributed by atoms with E-state index in [0.29, 0.717) is 13.0 Å². The van der Waals surface area contributed by atoms with E-state index in [1.807, 2.05) is 0 Å². The summed E-state index contributed by atoms with van der Waals surface area (Å²) in [6, 6.07) is 0. The molecule has 0 aliphatic rings. The van der Waals surface area contributed by atoms with E-state index in [1.54, 1.807) is 6.08 Å². The average Bonchev–Trinajstić information content (AvgIpc) is 2.16. The molecule has 80 valence electrons. The molecule has 0 bridgehead atoms. The Hall–Kier alpha value is -0.870. The normalized spacial score (nSPS) is 9.50. The first-order valence-electron chi connectivity index (χ1n) is 4.32. The van der Waals surface area contributed by atoms with Crippen LogP contribution >= 0.6 is 11.8 Å². The summed E-state index contributed by atoms with van der Waals surface area (Å²) in [5.41, 5.74) is 0. The van der Waals surface area contributed by atoms with Crippen LogP contribution in [0.25, 0.3) is 0 Å². The van der Waals surface area contributed by atoms with E-state index in [0.717, 1.165) is 0 Å². The second-order valence-electron chi connectivity index (χ2n) is 2.65. The molecule has 0 saturated carbocycles.